The summed E-state index contributed by atoms with van der Waals surface area (Å²) in [6, 6.07) is 10.4. The minimum absolute atomic E-state index is 0.337. The molecule has 2 aliphatic heterocycles. The molecule has 7 heteroatoms. The average Bonchev–Trinajstić information content (AvgIpc) is 3.25. The molecule has 7 nitrogen and oxygen atoms in total. The Balaban J connectivity index is 1.30. The van der Waals surface area contributed by atoms with Crippen molar-refractivity contribution < 1.29 is 9.47 Å². The molecule has 3 aromatic rings. The van der Waals surface area contributed by atoms with Crippen LogP contribution in [-0.2, 0) is 6.54 Å². The van der Waals surface area contributed by atoms with Gasteiger partial charge in [-0.05, 0) is 49.2 Å². The van der Waals surface area contributed by atoms with Gasteiger partial charge >= 0.3 is 0 Å². The molecule has 144 valence electrons. The van der Waals surface area contributed by atoms with Crippen molar-refractivity contribution >= 4 is 0 Å². The van der Waals surface area contributed by atoms with E-state index < -0.39 is 0 Å². The molecule has 1 atom stereocenters. The van der Waals surface area contributed by atoms with Crippen LogP contribution in [0, 0.1) is 0 Å². The second-order valence-corrected chi connectivity index (χ2v) is 7.33. The van der Waals surface area contributed by atoms with Gasteiger partial charge in [0.05, 0.1) is 12.2 Å². The molecular weight excluding hydrogens is 354 g/mol. The Bertz CT molecular complexity index is 943. The topological polar surface area (TPSA) is 65.3 Å². The molecule has 0 bridgehead atoms. The van der Waals surface area contributed by atoms with E-state index in [4.69, 9.17) is 9.47 Å². The van der Waals surface area contributed by atoms with E-state index in [9.17, 15) is 0 Å². The van der Waals surface area contributed by atoms with E-state index in [1.54, 1.807) is 0 Å². The summed E-state index contributed by atoms with van der Waals surface area (Å²) in [7, 11) is 0. The van der Waals surface area contributed by atoms with Gasteiger partial charge in [-0.2, -0.15) is 0 Å². The molecule has 1 fully saturated rings. The summed E-state index contributed by atoms with van der Waals surface area (Å²) < 4.78 is 13.3. The van der Waals surface area contributed by atoms with Crippen LogP contribution in [0.4, 0.5) is 0 Å². The number of hydrogen-bond acceptors (Lipinski definition) is 6. The quantitative estimate of drug-likeness (QED) is 0.697. The van der Waals surface area contributed by atoms with E-state index in [1.165, 1.54) is 5.56 Å². The molecule has 28 heavy (non-hydrogen) atoms. The van der Waals surface area contributed by atoms with Gasteiger partial charge in [-0.25, -0.2) is 4.68 Å². The molecule has 0 saturated carbocycles. The maximum atomic E-state index is 5.69. The Labute approximate surface area is 163 Å². The summed E-state index contributed by atoms with van der Waals surface area (Å²) >= 11 is 0. The lowest BCUT2D eigenvalue weighted by atomic mass is 10.1. The number of likely N-dealkylation sites (tertiary alicyclic amines) is 1. The molecule has 1 aromatic carbocycles. The van der Waals surface area contributed by atoms with E-state index in [0.29, 0.717) is 19.3 Å². The molecule has 2 aromatic heterocycles. The van der Waals surface area contributed by atoms with Gasteiger partial charge in [0.1, 0.15) is 18.9 Å². The number of piperidine rings is 1. The highest BCUT2D eigenvalue weighted by Gasteiger charge is 2.23. The fourth-order valence-corrected chi connectivity index (χ4v) is 3.93. The zero-order chi connectivity index (χ0) is 18.8. The Morgan fingerprint density at radius 3 is 2.93 bits per heavy atom. The van der Waals surface area contributed by atoms with Gasteiger partial charge in [-0.15, -0.1) is 5.10 Å². The monoisotopic (exact) mass is 377 g/mol. The van der Waals surface area contributed by atoms with E-state index >= 15 is 0 Å². The van der Waals surface area contributed by atoms with Gasteiger partial charge < -0.3 is 9.47 Å². The summed E-state index contributed by atoms with van der Waals surface area (Å²) in [6.07, 6.45) is 8.08. The highest BCUT2D eigenvalue weighted by atomic mass is 16.6. The summed E-state index contributed by atoms with van der Waals surface area (Å²) in [5.74, 6) is 1.57. The number of ether oxygens (including phenoxy) is 2. The Kier molecular flexibility index (Phi) is 4.66. The Hall–Kier alpha value is -2.93. The minimum Gasteiger partial charge on any atom is -0.486 e. The van der Waals surface area contributed by atoms with Gasteiger partial charge in [-0.3, -0.25) is 9.88 Å². The highest BCUT2D eigenvalue weighted by molar-refractivity contribution is 5.63. The standard InChI is InChI=1S/C21H23N5O2/c1-3-16(12-22-7-1)13-25-8-2-4-18(14-25)26-15-19(23-24-26)17-5-6-20-21(11-17)28-10-9-27-20/h1,3,5-7,11-12,15,18H,2,4,8-10,13-14H2. The summed E-state index contributed by atoms with van der Waals surface area (Å²) in [6.45, 7) is 4.18. The first-order valence-corrected chi connectivity index (χ1v) is 9.78. The SMILES string of the molecule is c1cncc(CN2CCCC(n3cc(-c4ccc5c(c4)OCCO5)nn3)C2)c1. The molecule has 0 amide bonds. The number of fused-ring (bicyclic) bond motifs is 1. The lowest BCUT2D eigenvalue weighted by Gasteiger charge is -2.32. The van der Waals surface area contributed by atoms with Crippen LogP contribution in [-0.4, -0.2) is 51.2 Å². The van der Waals surface area contributed by atoms with Crippen LogP contribution in [0.1, 0.15) is 24.4 Å². The van der Waals surface area contributed by atoms with Crippen molar-refractivity contribution in [2.24, 2.45) is 0 Å². The second-order valence-electron chi connectivity index (χ2n) is 7.33. The van der Waals surface area contributed by atoms with Crippen molar-refractivity contribution in [2.45, 2.75) is 25.4 Å². The maximum absolute atomic E-state index is 5.69. The Morgan fingerprint density at radius 2 is 2.04 bits per heavy atom. The molecule has 0 spiro atoms. The fourth-order valence-electron chi connectivity index (χ4n) is 3.93. The molecule has 4 heterocycles. The smallest absolute Gasteiger partial charge is 0.162 e. The minimum atomic E-state index is 0.337. The predicted molar refractivity (Wildman–Crippen MR) is 104 cm³/mol. The van der Waals surface area contributed by atoms with E-state index in [-0.39, 0.29) is 0 Å². The van der Waals surface area contributed by atoms with Gasteiger partial charge in [0.2, 0.25) is 0 Å². The average molecular weight is 377 g/mol. The third-order valence-electron chi connectivity index (χ3n) is 5.33. The van der Waals surface area contributed by atoms with E-state index in [0.717, 1.165) is 55.2 Å². The molecule has 5 rings (SSSR count). The number of pyridine rings is 1. The lowest BCUT2D eigenvalue weighted by Crippen LogP contribution is -2.36. The first kappa shape index (κ1) is 17.2. The number of benzene rings is 1. The van der Waals surface area contributed by atoms with Crippen molar-refractivity contribution in [2.75, 3.05) is 26.3 Å². The van der Waals surface area contributed by atoms with Crippen LogP contribution in [0.15, 0.2) is 48.9 Å². The highest BCUT2D eigenvalue weighted by Crippen LogP contribution is 2.34. The second kappa shape index (κ2) is 7.59. The van der Waals surface area contributed by atoms with Gasteiger partial charge in [-0.1, -0.05) is 11.3 Å². The van der Waals surface area contributed by atoms with Gasteiger partial charge in [0.25, 0.3) is 0 Å². The molecule has 0 radical (unpaired) electrons. The number of hydrogen-bond donors (Lipinski definition) is 0. The predicted octanol–water partition coefficient (Wildman–Crippen LogP) is 2.95. The summed E-state index contributed by atoms with van der Waals surface area (Å²) in [5.41, 5.74) is 3.11. The van der Waals surface area contributed by atoms with Crippen molar-refractivity contribution in [3.05, 3.63) is 54.5 Å². The third-order valence-corrected chi connectivity index (χ3v) is 5.33. The maximum Gasteiger partial charge on any atom is 0.162 e. The number of nitrogens with zero attached hydrogens (tertiary/aromatic N) is 5. The first-order chi connectivity index (χ1) is 13.8. The molecule has 0 N–H and O–H groups in total. The van der Waals surface area contributed by atoms with Crippen LogP contribution >= 0.6 is 0 Å². The zero-order valence-electron chi connectivity index (χ0n) is 15.7. The van der Waals surface area contributed by atoms with Crippen LogP contribution in [0.3, 0.4) is 0 Å². The molecule has 0 aliphatic carbocycles. The molecule has 1 saturated heterocycles. The van der Waals surface area contributed by atoms with Crippen molar-refractivity contribution in [3.63, 3.8) is 0 Å². The first-order valence-electron chi connectivity index (χ1n) is 9.78. The lowest BCUT2D eigenvalue weighted by molar-refractivity contribution is 0.161. The Morgan fingerprint density at radius 1 is 1.11 bits per heavy atom. The largest absolute Gasteiger partial charge is 0.486 e. The van der Waals surface area contributed by atoms with Crippen LogP contribution < -0.4 is 9.47 Å². The van der Waals surface area contributed by atoms with Crippen LogP contribution in [0.5, 0.6) is 11.5 Å². The summed E-state index contributed by atoms with van der Waals surface area (Å²) in [4.78, 5) is 6.69. The van der Waals surface area contributed by atoms with Crippen LogP contribution in [0.25, 0.3) is 11.3 Å². The fraction of sp³-hybridized carbons (Fsp3) is 0.381. The van der Waals surface area contributed by atoms with Crippen molar-refractivity contribution in [1.82, 2.24) is 24.9 Å². The third kappa shape index (κ3) is 3.57. The van der Waals surface area contributed by atoms with Gasteiger partial charge in [0, 0.05) is 31.0 Å². The van der Waals surface area contributed by atoms with Crippen molar-refractivity contribution in [3.8, 4) is 22.8 Å². The number of rotatable bonds is 4. The normalized spacial score (nSPS) is 19.5. The zero-order valence-corrected chi connectivity index (χ0v) is 15.7. The molecular formula is C21H23N5O2. The molecule has 2 aliphatic rings. The molecule has 1 unspecified atom stereocenters. The van der Waals surface area contributed by atoms with E-state index in [1.807, 2.05) is 47.5 Å². The van der Waals surface area contributed by atoms with Gasteiger partial charge in [0.15, 0.2) is 11.5 Å². The summed E-state index contributed by atoms with van der Waals surface area (Å²) in [5, 5.41) is 8.83. The van der Waals surface area contributed by atoms with E-state index in [2.05, 4.69) is 26.3 Å². The number of aromatic nitrogens is 4. The van der Waals surface area contributed by atoms with Crippen molar-refractivity contribution in [1.29, 1.82) is 0 Å². The van der Waals surface area contributed by atoms with Crippen LogP contribution in [0.2, 0.25) is 0 Å².